The third-order valence-electron chi connectivity index (χ3n) is 3.85. The lowest BCUT2D eigenvalue weighted by molar-refractivity contribution is -0.117. The maximum atomic E-state index is 14.1. The van der Waals surface area contributed by atoms with E-state index in [2.05, 4.69) is 25.6 Å². The number of rotatable bonds is 6. The molecule has 0 saturated heterocycles. The molecule has 11 heteroatoms. The lowest BCUT2D eigenvalue weighted by Crippen LogP contribution is -2.28. The highest BCUT2D eigenvalue weighted by molar-refractivity contribution is 6.12. The molecular formula is C17H15FN6O4. The van der Waals surface area contributed by atoms with E-state index in [-0.39, 0.29) is 40.8 Å². The van der Waals surface area contributed by atoms with Crippen molar-refractivity contribution in [1.29, 1.82) is 0 Å². The summed E-state index contributed by atoms with van der Waals surface area (Å²) >= 11 is 0. The molecule has 0 saturated carbocycles. The maximum Gasteiger partial charge on any atom is 0.261 e. The van der Waals surface area contributed by atoms with Crippen LogP contribution < -0.4 is 21.9 Å². The summed E-state index contributed by atoms with van der Waals surface area (Å²) in [6, 6.07) is 3.39. The van der Waals surface area contributed by atoms with Gasteiger partial charge in [-0.15, -0.1) is 0 Å². The van der Waals surface area contributed by atoms with Crippen LogP contribution in [-0.2, 0) is 4.79 Å². The minimum atomic E-state index is -0.770. The summed E-state index contributed by atoms with van der Waals surface area (Å²) in [7, 11) is 0. The third-order valence-corrected chi connectivity index (χ3v) is 3.85. The normalized spacial score (nSPS) is 10.6. The summed E-state index contributed by atoms with van der Waals surface area (Å²) in [5.74, 6) is -2.66. The fourth-order valence-corrected chi connectivity index (χ4v) is 2.50. The van der Waals surface area contributed by atoms with Crippen molar-refractivity contribution in [3.8, 4) is 0 Å². The van der Waals surface area contributed by atoms with E-state index >= 15 is 0 Å². The number of aromatic amines is 2. The number of nitrogens with one attached hydrogen (secondary N) is 4. The number of benzene rings is 1. The summed E-state index contributed by atoms with van der Waals surface area (Å²) in [5.41, 5.74) is 4.46. The van der Waals surface area contributed by atoms with Crippen molar-refractivity contribution in [3.05, 3.63) is 58.0 Å². The zero-order valence-electron chi connectivity index (χ0n) is 14.3. The van der Waals surface area contributed by atoms with E-state index in [4.69, 9.17) is 5.73 Å². The van der Waals surface area contributed by atoms with E-state index in [0.717, 1.165) is 12.1 Å². The molecule has 3 amide bonds. The minimum absolute atomic E-state index is 0.0261. The first-order valence-corrected chi connectivity index (χ1v) is 8.09. The second-order valence-corrected chi connectivity index (χ2v) is 5.78. The van der Waals surface area contributed by atoms with Crippen LogP contribution in [0.5, 0.6) is 0 Å². The van der Waals surface area contributed by atoms with Gasteiger partial charge in [-0.3, -0.25) is 19.2 Å². The number of carbonyl (C=O) groups excluding carboxylic acids is 3. The van der Waals surface area contributed by atoms with Gasteiger partial charge in [0.15, 0.2) is 0 Å². The number of H-pyrrole nitrogens is 2. The number of aromatic nitrogens is 3. The largest absolute Gasteiger partial charge is 0.370 e. The highest BCUT2D eigenvalue weighted by Crippen LogP contribution is 2.19. The smallest absolute Gasteiger partial charge is 0.261 e. The Balaban J connectivity index is 1.81. The molecule has 2 heterocycles. The molecule has 2 aromatic heterocycles. The van der Waals surface area contributed by atoms with Gasteiger partial charge in [-0.1, -0.05) is 0 Å². The van der Waals surface area contributed by atoms with Crippen LogP contribution in [0.4, 0.5) is 10.1 Å². The lowest BCUT2D eigenvalue weighted by atomic mass is 10.1. The molecule has 0 atom stereocenters. The number of hydrogen-bond donors (Lipinski definition) is 5. The van der Waals surface area contributed by atoms with Crippen LogP contribution in [0.3, 0.4) is 0 Å². The van der Waals surface area contributed by atoms with E-state index < -0.39 is 29.1 Å². The molecule has 3 aromatic rings. The van der Waals surface area contributed by atoms with Crippen LogP contribution in [0.1, 0.15) is 27.1 Å². The van der Waals surface area contributed by atoms with Gasteiger partial charge in [0.1, 0.15) is 11.5 Å². The molecule has 3 rings (SSSR count). The Hall–Kier alpha value is -4.02. The van der Waals surface area contributed by atoms with Crippen molar-refractivity contribution >= 4 is 34.4 Å². The Morgan fingerprint density at radius 3 is 2.71 bits per heavy atom. The SMILES string of the molecule is NC(=O)CCNC(=O)c1ccc(F)c(NC(=O)c2c[nH]c3nc[nH]c(=O)c23)c1. The van der Waals surface area contributed by atoms with E-state index in [0.29, 0.717) is 0 Å². The fourth-order valence-electron chi connectivity index (χ4n) is 2.50. The number of fused-ring (bicyclic) bond motifs is 1. The molecule has 0 aliphatic rings. The van der Waals surface area contributed by atoms with Gasteiger partial charge in [-0.2, -0.15) is 0 Å². The molecule has 1 aromatic carbocycles. The van der Waals surface area contributed by atoms with Gasteiger partial charge in [-0.25, -0.2) is 9.37 Å². The van der Waals surface area contributed by atoms with Crippen LogP contribution in [0, 0.1) is 5.82 Å². The van der Waals surface area contributed by atoms with Crippen LogP contribution in [-0.4, -0.2) is 39.2 Å². The minimum Gasteiger partial charge on any atom is -0.370 e. The molecule has 144 valence electrons. The summed E-state index contributed by atoms with van der Waals surface area (Å²) in [6.45, 7) is 0.0261. The van der Waals surface area contributed by atoms with Crippen LogP contribution >= 0.6 is 0 Å². The van der Waals surface area contributed by atoms with Crippen molar-refractivity contribution in [3.63, 3.8) is 0 Å². The number of halogens is 1. The topological polar surface area (TPSA) is 163 Å². The predicted molar refractivity (Wildman–Crippen MR) is 97.2 cm³/mol. The zero-order valence-corrected chi connectivity index (χ0v) is 14.3. The quantitative estimate of drug-likeness (QED) is 0.409. The van der Waals surface area contributed by atoms with Gasteiger partial charge in [-0.05, 0) is 18.2 Å². The summed E-state index contributed by atoms with van der Waals surface area (Å²) < 4.78 is 14.1. The Bertz CT molecular complexity index is 1140. The van der Waals surface area contributed by atoms with E-state index in [9.17, 15) is 23.6 Å². The highest BCUT2D eigenvalue weighted by atomic mass is 19.1. The molecule has 28 heavy (non-hydrogen) atoms. The number of carbonyl (C=O) groups is 3. The Morgan fingerprint density at radius 2 is 1.96 bits per heavy atom. The summed E-state index contributed by atoms with van der Waals surface area (Å²) in [6.07, 6.45) is 2.42. The van der Waals surface area contributed by atoms with Gasteiger partial charge in [0, 0.05) is 24.7 Å². The Kier molecular flexibility index (Phi) is 5.16. The first-order chi connectivity index (χ1) is 13.4. The second kappa shape index (κ2) is 7.70. The zero-order chi connectivity index (χ0) is 20.3. The predicted octanol–water partition coefficient (Wildman–Crippen LogP) is 0.248. The van der Waals surface area contributed by atoms with Crippen molar-refractivity contribution in [2.75, 3.05) is 11.9 Å². The molecule has 6 N–H and O–H groups in total. The van der Waals surface area contributed by atoms with Crippen molar-refractivity contribution < 1.29 is 18.8 Å². The van der Waals surface area contributed by atoms with Gasteiger partial charge < -0.3 is 26.3 Å². The summed E-state index contributed by atoms with van der Waals surface area (Å²) in [4.78, 5) is 56.1. The fraction of sp³-hybridized carbons (Fsp3) is 0.118. The summed E-state index contributed by atoms with van der Waals surface area (Å²) in [5, 5.41) is 4.82. The molecule has 0 aliphatic carbocycles. The van der Waals surface area contributed by atoms with Crippen molar-refractivity contribution in [1.82, 2.24) is 20.3 Å². The van der Waals surface area contributed by atoms with Gasteiger partial charge in [0.25, 0.3) is 17.4 Å². The molecule has 0 bridgehead atoms. The molecule has 0 spiro atoms. The number of nitrogens with zero attached hydrogens (tertiary/aromatic N) is 1. The van der Waals surface area contributed by atoms with Gasteiger partial charge >= 0.3 is 0 Å². The van der Waals surface area contributed by atoms with Gasteiger partial charge in [0.05, 0.1) is 23.0 Å². The van der Waals surface area contributed by atoms with E-state index in [1.165, 1.54) is 18.6 Å². The number of nitrogens with two attached hydrogens (primary N) is 1. The maximum absolute atomic E-state index is 14.1. The average Bonchev–Trinajstić information content (AvgIpc) is 3.08. The average molecular weight is 386 g/mol. The molecule has 0 fully saturated rings. The monoisotopic (exact) mass is 386 g/mol. The van der Waals surface area contributed by atoms with Gasteiger partial charge in [0.2, 0.25) is 5.91 Å². The Morgan fingerprint density at radius 1 is 1.18 bits per heavy atom. The molecule has 0 radical (unpaired) electrons. The second-order valence-electron chi connectivity index (χ2n) is 5.78. The number of amides is 3. The third kappa shape index (κ3) is 3.87. The first-order valence-electron chi connectivity index (χ1n) is 8.09. The number of hydrogen-bond acceptors (Lipinski definition) is 5. The molecule has 0 aliphatic heterocycles. The van der Waals surface area contributed by atoms with Crippen LogP contribution in [0.2, 0.25) is 0 Å². The van der Waals surface area contributed by atoms with Crippen molar-refractivity contribution in [2.45, 2.75) is 6.42 Å². The number of primary amides is 1. The lowest BCUT2D eigenvalue weighted by Gasteiger charge is -2.09. The van der Waals surface area contributed by atoms with Crippen LogP contribution in [0.25, 0.3) is 11.0 Å². The highest BCUT2D eigenvalue weighted by Gasteiger charge is 2.18. The Labute approximate surface area is 156 Å². The number of anilines is 1. The molecule has 10 nitrogen and oxygen atoms in total. The molecular weight excluding hydrogens is 371 g/mol. The van der Waals surface area contributed by atoms with E-state index in [1.54, 1.807) is 0 Å². The van der Waals surface area contributed by atoms with Crippen molar-refractivity contribution in [2.24, 2.45) is 5.73 Å². The molecule has 0 unspecified atom stereocenters. The standard InChI is InChI=1S/C17H15FN6O4/c18-10-2-1-8(15(26)20-4-3-12(19)25)5-11(10)24-16(27)9-6-21-14-13(9)17(28)23-7-22-14/h1-2,5-7H,3-4H2,(H2,19,25)(H,20,26)(H,24,27)(H2,21,22,23,28). The first kappa shape index (κ1) is 18.8. The van der Waals surface area contributed by atoms with Crippen LogP contribution in [0.15, 0.2) is 35.5 Å². The van der Waals surface area contributed by atoms with E-state index in [1.807, 2.05) is 0 Å².